The Balaban J connectivity index is 1.58. The molecular formula is C22H32N2O3. The van der Waals surface area contributed by atoms with E-state index in [1.54, 1.807) is 0 Å². The number of aliphatic carboxylic acids is 1. The second kappa shape index (κ2) is 8.87. The molecule has 0 saturated carbocycles. The van der Waals surface area contributed by atoms with Gasteiger partial charge in [0.05, 0.1) is 5.92 Å². The molecule has 2 heterocycles. The number of carboxylic acid groups (broad SMARTS) is 1. The Morgan fingerprint density at radius 3 is 2.59 bits per heavy atom. The number of anilines is 1. The van der Waals surface area contributed by atoms with Crippen LogP contribution >= 0.6 is 0 Å². The van der Waals surface area contributed by atoms with E-state index in [1.807, 2.05) is 4.90 Å². The Labute approximate surface area is 162 Å². The Morgan fingerprint density at radius 2 is 1.93 bits per heavy atom. The van der Waals surface area contributed by atoms with Gasteiger partial charge in [0.25, 0.3) is 0 Å². The Kier molecular flexibility index (Phi) is 6.53. The summed E-state index contributed by atoms with van der Waals surface area (Å²) < 4.78 is 0. The van der Waals surface area contributed by atoms with Crippen LogP contribution < -0.4 is 4.90 Å². The third-order valence-electron chi connectivity index (χ3n) is 5.80. The maximum Gasteiger partial charge on any atom is 0.306 e. The van der Waals surface area contributed by atoms with E-state index in [9.17, 15) is 9.59 Å². The molecule has 0 bridgehead atoms. The van der Waals surface area contributed by atoms with Crippen LogP contribution in [0.5, 0.6) is 0 Å². The average Bonchev–Trinajstić information content (AvgIpc) is 2.65. The van der Waals surface area contributed by atoms with Crippen molar-refractivity contribution >= 4 is 17.6 Å². The largest absolute Gasteiger partial charge is 0.481 e. The van der Waals surface area contributed by atoms with E-state index < -0.39 is 5.97 Å². The number of hydrogen-bond acceptors (Lipinski definition) is 3. The summed E-state index contributed by atoms with van der Waals surface area (Å²) >= 11 is 0. The number of carbonyl (C=O) groups is 2. The number of amides is 1. The minimum absolute atomic E-state index is 0.167. The molecule has 2 aliphatic heterocycles. The molecule has 0 aliphatic carbocycles. The van der Waals surface area contributed by atoms with Crippen LogP contribution in [0.15, 0.2) is 18.2 Å². The first-order valence-corrected chi connectivity index (χ1v) is 10.3. The smallest absolute Gasteiger partial charge is 0.306 e. The third kappa shape index (κ3) is 5.10. The lowest BCUT2D eigenvalue weighted by Gasteiger charge is -2.31. The molecule has 2 aliphatic rings. The third-order valence-corrected chi connectivity index (χ3v) is 5.80. The maximum atomic E-state index is 12.5. The highest BCUT2D eigenvalue weighted by Crippen LogP contribution is 2.29. The molecule has 27 heavy (non-hydrogen) atoms. The summed E-state index contributed by atoms with van der Waals surface area (Å²) in [5, 5.41) is 9.11. The van der Waals surface area contributed by atoms with Crippen molar-refractivity contribution in [1.29, 1.82) is 0 Å². The lowest BCUT2D eigenvalue weighted by atomic mass is 9.95. The molecule has 0 spiro atoms. The topological polar surface area (TPSA) is 60.9 Å². The van der Waals surface area contributed by atoms with Crippen LogP contribution in [0.4, 0.5) is 5.69 Å². The second-order valence-corrected chi connectivity index (χ2v) is 8.41. The zero-order valence-corrected chi connectivity index (χ0v) is 16.6. The van der Waals surface area contributed by atoms with E-state index >= 15 is 0 Å². The van der Waals surface area contributed by atoms with Crippen molar-refractivity contribution < 1.29 is 14.7 Å². The molecule has 5 nitrogen and oxygen atoms in total. The van der Waals surface area contributed by atoms with Crippen LogP contribution in [0.3, 0.4) is 0 Å². The van der Waals surface area contributed by atoms with Crippen molar-refractivity contribution in [1.82, 2.24) is 4.90 Å². The molecule has 1 amide bonds. The predicted molar refractivity (Wildman–Crippen MR) is 107 cm³/mol. The SMILES string of the molecule is CC(C)CC(=O)N1CCCc2cc(CCN3CCC(C(=O)O)CC3)ccc21. The van der Waals surface area contributed by atoms with Gasteiger partial charge in [-0.1, -0.05) is 26.0 Å². The molecule has 0 unspecified atom stereocenters. The number of rotatable bonds is 6. The second-order valence-electron chi connectivity index (χ2n) is 8.41. The summed E-state index contributed by atoms with van der Waals surface area (Å²) in [4.78, 5) is 27.9. The summed E-state index contributed by atoms with van der Waals surface area (Å²) in [5.41, 5.74) is 3.70. The van der Waals surface area contributed by atoms with E-state index in [1.165, 1.54) is 11.1 Å². The minimum Gasteiger partial charge on any atom is -0.481 e. The van der Waals surface area contributed by atoms with Gasteiger partial charge in [0.1, 0.15) is 0 Å². The molecule has 1 N–H and O–H groups in total. The van der Waals surface area contributed by atoms with E-state index in [-0.39, 0.29) is 11.8 Å². The van der Waals surface area contributed by atoms with Crippen molar-refractivity contribution in [2.75, 3.05) is 31.1 Å². The summed E-state index contributed by atoms with van der Waals surface area (Å²) in [6.07, 6.45) is 5.17. The minimum atomic E-state index is -0.652. The quantitative estimate of drug-likeness (QED) is 0.832. The first kappa shape index (κ1) is 19.9. The molecule has 0 radical (unpaired) electrons. The molecule has 1 aromatic rings. The standard InChI is InChI=1S/C22H32N2O3/c1-16(2)14-21(25)24-10-3-4-19-15-17(5-6-20(19)24)7-11-23-12-8-18(9-13-23)22(26)27/h5-6,15-16,18H,3-4,7-14H2,1-2H3,(H,26,27). The van der Waals surface area contributed by atoms with Crippen molar-refractivity contribution in [2.24, 2.45) is 11.8 Å². The van der Waals surface area contributed by atoms with Crippen molar-refractivity contribution in [3.05, 3.63) is 29.3 Å². The fourth-order valence-corrected chi connectivity index (χ4v) is 4.22. The van der Waals surface area contributed by atoms with Gasteiger partial charge in [-0.05, 0) is 68.3 Å². The number of carbonyl (C=O) groups excluding carboxylic acids is 1. The van der Waals surface area contributed by atoms with E-state index in [0.29, 0.717) is 12.3 Å². The number of benzene rings is 1. The number of nitrogens with zero attached hydrogens (tertiary/aromatic N) is 2. The number of aryl methyl sites for hydroxylation is 1. The highest BCUT2D eigenvalue weighted by Gasteiger charge is 2.25. The first-order valence-electron chi connectivity index (χ1n) is 10.3. The summed E-state index contributed by atoms with van der Waals surface area (Å²) in [5.74, 6) is -0.201. The number of carboxylic acids is 1. The number of piperidine rings is 1. The van der Waals surface area contributed by atoms with Crippen LogP contribution in [-0.4, -0.2) is 48.1 Å². The van der Waals surface area contributed by atoms with Gasteiger partial charge in [-0.3, -0.25) is 9.59 Å². The monoisotopic (exact) mass is 372 g/mol. The molecule has 3 rings (SSSR count). The van der Waals surface area contributed by atoms with Crippen LogP contribution in [0.25, 0.3) is 0 Å². The molecule has 1 aromatic carbocycles. The molecule has 5 heteroatoms. The lowest BCUT2D eigenvalue weighted by Crippen LogP contribution is -2.37. The van der Waals surface area contributed by atoms with Gasteiger partial charge >= 0.3 is 5.97 Å². The fourth-order valence-electron chi connectivity index (χ4n) is 4.22. The number of fused-ring (bicyclic) bond motifs is 1. The Morgan fingerprint density at radius 1 is 1.19 bits per heavy atom. The summed E-state index contributed by atoms with van der Waals surface area (Å²) in [6.45, 7) is 7.73. The Hall–Kier alpha value is -1.88. The van der Waals surface area contributed by atoms with Gasteiger partial charge in [0.15, 0.2) is 0 Å². The van der Waals surface area contributed by atoms with Crippen LogP contribution in [0.1, 0.15) is 50.7 Å². The molecule has 0 aromatic heterocycles. The summed E-state index contributed by atoms with van der Waals surface area (Å²) in [6, 6.07) is 6.55. The van der Waals surface area contributed by atoms with Crippen molar-refractivity contribution in [3.63, 3.8) is 0 Å². The predicted octanol–water partition coefficient (Wildman–Crippen LogP) is 3.35. The normalized spacial score (nSPS) is 18.6. The van der Waals surface area contributed by atoms with Gasteiger partial charge in [-0.25, -0.2) is 0 Å². The summed E-state index contributed by atoms with van der Waals surface area (Å²) in [7, 11) is 0. The van der Waals surface area contributed by atoms with E-state index in [2.05, 4.69) is 36.9 Å². The first-order chi connectivity index (χ1) is 12.9. The molecular weight excluding hydrogens is 340 g/mol. The van der Waals surface area contributed by atoms with Crippen LogP contribution in [-0.2, 0) is 22.4 Å². The van der Waals surface area contributed by atoms with Crippen molar-refractivity contribution in [2.45, 2.75) is 52.4 Å². The molecule has 1 fully saturated rings. The highest BCUT2D eigenvalue weighted by molar-refractivity contribution is 5.94. The highest BCUT2D eigenvalue weighted by atomic mass is 16.4. The van der Waals surface area contributed by atoms with Crippen LogP contribution in [0.2, 0.25) is 0 Å². The van der Waals surface area contributed by atoms with E-state index in [0.717, 1.165) is 64.0 Å². The molecule has 1 saturated heterocycles. The zero-order valence-electron chi connectivity index (χ0n) is 16.6. The van der Waals surface area contributed by atoms with Gasteiger partial charge in [-0.2, -0.15) is 0 Å². The number of hydrogen-bond donors (Lipinski definition) is 1. The van der Waals surface area contributed by atoms with Gasteiger partial charge in [0.2, 0.25) is 5.91 Å². The maximum absolute atomic E-state index is 12.5. The molecule has 148 valence electrons. The molecule has 0 atom stereocenters. The fraction of sp³-hybridized carbons (Fsp3) is 0.636. The van der Waals surface area contributed by atoms with E-state index in [4.69, 9.17) is 5.11 Å². The van der Waals surface area contributed by atoms with Gasteiger partial charge < -0.3 is 14.9 Å². The Bertz CT molecular complexity index is 678. The van der Waals surface area contributed by atoms with Gasteiger partial charge in [-0.15, -0.1) is 0 Å². The lowest BCUT2D eigenvalue weighted by molar-refractivity contribution is -0.143. The van der Waals surface area contributed by atoms with Crippen molar-refractivity contribution in [3.8, 4) is 0 Å². The van der Waals surface area contributed by atoms with Gasteiger partial charge in [0, 0.05) is 25.2 Å². The number of likely N-dealkylation sites (tertiary alicyclic amines) is 1. The average molecular weight is 373 g/mol. The zero-order chi connectivity index (χ0) is 19.4. The van der Waals surface area contributed by atoms with Crippen LogP contribution in [0, 0.1) is 11.8 Å².